The first-order chi connectivity index (χ1) is 11.8. The predicted octanol–water partition coefficient (Wildman–Crippen LogP) is 3.88. The highest BCUT2D eigenvalue weighted by Gasteiger charge is 2.35. The van der Waals surface area contributed by atoms with Gasteiger partial charge in [-0.25, -0.2) is 0 Å². The molecule has 1 amide bonds. The molecule has 2 aromatic rings. The molecule has 0 spiro atoms. The molecule has 1 aliphatic rings. The predicted molar refractivity (Wildman–Crippen MR) is 86.8 cm³/mol. The summed E-state index contributed by atoms with van der Waals surface area (Å²) in [5.41, 5.74) is 1.57. The maximum Gasteiger partial charge on any atom is 0.435 e. The van der Waals surface area contributed by atoms with Crippen LogP contribution in [0, 0.1) is 13.8 Å². The molecular weight excluding hydrogens is 331 g/mol. The van der Waals surface area contributed by atoms with Gasteiger partial charge < -0.3 is 4.90 Å². The summed E-state index contributed by atoms with van der Waals surface area (Å²) in [6.07, 6.45) is -2.76. The van der Waals surface area contributed by atoms with Crippen molar-refractivity contribution < 1.29 is 18.0 Å². The van der Waals surface area contributed by atoms with Crippen molar-refractivity contribution in [3.63, 3.8) is 0 Å². The van der Waals surface area contributed by atoms with Gasteiger partial charge in [-0.05, 0) is 38.3 Å². The van der Waals surface area contributed by atoms with E-state index in [4.69, 9.17) is 0 Å². The number of aromatic nitrogens is 2. The third-order valence-electron chi connectivity index (χ3n) is 4.59. The first-order valence-corrected chi connectivity index (χ1v) is 8.23. The molecular formula is C18H20F3N3O. The van der Waals surface area contributed by atoms with Crippen molar-refractivity contribution in [2.24, 2.45) is 0 Å². The van der Waals surface area contributed by atoms with Crippen molar-refractivity contribution in [2.45, 2.75) is 45.5 Å². The molecule has 0 aliphatic carbocycles. The summed E-state index contributed by atoms with van der Waals surface area (Å²) in [5, 5.41) is 3.55. The fourth-order valence-corrected chi connectivity index (χ4v) is 3.23. The van der Waals surface area contributed by atoms with E-state index >= 15 is 0 Å². The van der Waals surface area contributed by atoms with Crippen LogP contribution in [0.15, 0.2) is 30.3 Å². The van der Waals surface area contributed by atoms with E-state index in [0.717, 1.165) is 34.7 Å². The molecule has 0 N–H and O–H groups in total. The Labute approximate surface area is 144 Å². The summed E-state index contributed by atoms with van der Waals surface area (Å²) >= 11 is 0. The van der Waals surface area contributed by atoms with Crippen LogP contribution in [0.1, 0.15) is 41.4 Å². The number of alkyl halides is 3. The zero-order valence-electron chi connectivity index (χ0n) is 14.2. The van der Waals surface area contributed by atoms with Crippen LogP contribution in [0.5, 0.6) is 0 Å². The molecule has 2 heterocycles. The first kappa shape index (κ1) is 17.5. The van der Waals surface area contributed by atoms with Gasteiger partial charge in [0, 0.05) is 12.2 Å². The Bertz CT molecular complexity index is 765. The third-order valence-corrected chi connectivity index (χ3v) is 4.59. The number of carbonyl (C=O) groups excluding carboxylic acids is 1. The molecule has 1 saturated heterocycles. The molecule has 134 valence electrons. The summed E-state index contributed by atoms with van der Waals surface area (Å²) in [7, 11) is 0. The number of likely N-dealkylation sites (tertiary alicyclic amines) is 1. The van der Waals surface area contributed by atoms with E-state index in [0.29, 0.717) is 12.2 Å². The molecule has 7 heteroatoms. The van der Waals surface area contributed by atoms with E-state index in [9.17, 15) is 18.0 Å². The normalized spacial score (nSPS) is 18.0. The van der Waals surface area contributed by atoms with Gasteiger partial charge in [-0.1, -0.05) is 29.8 Å². The lowest BCUT2D eigenvalue weighted by Crippen LogP contribution is -2.34. The number of halogens is 3. The number of rotatable bonds is 3. The lowest BCUT2D eigenvalue weighted by molar-refractivity contribution is -0.142. The van der Waals surface area contributed by atoms with E-state index in [1.54, 1.807) is 4.90 Å². The van der Waals surface area contributed by atoms with E-state index in [1.165, 1.54) is 6.92 Å². The maximum atomic E-state index is 12.8. The van der Waals surface area contributed by atoms with Gasteiger partial charge >= 0.3 is 6.18 Å². The largest absolute Gasteiger partial charge is 0.435 e. The Morgan fingerprint density at radius 1 is 1.24 bits per heavy atom. The fourth-order valence-electron chi connectivity index (χ4n) is 3.23. The number of hydrogen-bond acceptors (Lipinski definition) is 2. The van der Waals surface area contributed by atoms with Crippen LogP contribution < -0.4 is 0 Å². The van der Waals surface area contributed by atoms with Gasteiger partial charge in [0.15, 0.2) is 5.69 Å². The average Bonchev–Trinajstić information content (AvgIpc) is 3.15. The van der Waals surface area contributed by atoms with Crippen LogP contribution in [0.25, 0.3) is 0 Å². The topological polar surface area (TPSA) is 38.1 Å². The van der Waals surface area contributed by atoms with Gasteiger partial charge in [-0.3, -0.25) is 9.48 Å². The molecule has 1 fully saturated rings. The summed E-state index contributed by atoms with van der Waals surface area (Å²) < 4.78 is 39.4. The average molecular weight is 351 g/mol. The lowest BCUT2D eigenvalue weighted by atomic mass is 10.0. The summed E-state index contributed by atoms with van der Waals surface area (Å²) in [5.74, 6) is -0.206. The van der Waals surface area contributed by atoms with Crippen molar-refractivity contribution in [3.05, 3.63) is 52.8 Å². The monoisotopic (exact) mass is 351 g/mol. The number of carbonyl (C=O) groups is 1. The molecule has 1 aliphatic heterocycles. The van der Waals surface area contributed by atoms with Crippen LogP contribution >= 0.6 is 0 Å². The number of amides is 1. The van der Waals surface area contributed by atoms with Crippen LogP contribution in [0.3, 0.4) is 0 Å². The molecule has 0 saturated carbocycles. The second-order valence-corrected chi connectivity index (χ2v) is 6.48. The highest BCUT2D eigenvalue weighted by atomic mass is 19.4. The Kier molecular flexibility index (Phi) is 4.58. The Morgan fingerprint density at radius 3 is 2.52 bits per heavy atom. The molecule has 0 unspecified atom stereocenters. The molecule has 4 nitrogen and oxygen atoms in total. The number of benzene rings is 1. The minimum absolute atomic E-state index is 0.0222. The number of nitrogens with zero attached hydrogens (tertiary/aromatic N) is 3. The quantitative estimate of drug-likeness (QED) is 0.842. The van der Waals surface area contributed by atoms with Crippen molar-refractivity contribution in [1.82, 2.24) is 14.7 Å². The maximum absolute atomic E-state index is 12.8. The second kappa shape index (κ2) is 6.54. The summed E-state index contributed by atoms with van der Waals surface area (Å²) in [6.45, 7) is 3.96. The van der Waals surface area contributed by atoms with Gasteiger partial charge in [0.25, 0.3) is 0 Å². The van der Waals surface area contributed by atoms with E-state index in [2.05, 4.69) is 5.10 Å². The molecule has 1 atom stereocenters. The first-order valence-electron chi connectivity index (χ1n) is 8.23. The lowest BCUT2D eigenvalue weighted by Gasteiger charge is -2.25. The SMILES string of the molecule is Cc1ccc([C@H]2CCCN2C(=O)Cn2nc(C(F)(F)F)cc2C)cc1. The Balaban J connectivity index is 1.76. The Morgan fingerprint density at radius 2 is 1.92 bits per heavy atom. The van der Waals surface area contributed by atoms with Crippen LogP contribution in [-0.2, 0) is 17.5 Å². The van der Waals surface area contributed by atoms with Crippen LogP contribution in [0.4, 0.5) is 13.2 Å². The van der Waals surface area contributed by atoms with Gasteiger partial charge in [-0.15, -0.1) is 0 Å². The van der Waals surface area contributed by atoms with Gasteiger partial charge in [0.05, 0.1) is 6.04 Å². The number of hydrogen-bond donors (Lipinski definition) is 0. The zero-order valence-corrected chi connectivity index (χ0v) is 14.2. The van der Waals surface area contributed by atoms with Crippen molar-refractivity contribution in [2.75, 3.05) is 6.54 Å². The highest BCUT2D eigenvalue weighted by molar-refractivity contribution is 5.77. The third kappa shape index (κ3) is 3.70. The van der Waals surface area contributed by atoms with Gasteiger partial charge in [0.1, 0.15) is 6.54 Å². The molecule has 1 aromatic carbocycles. The number of aryl methyl sites for hydroxylation is 2. The fraction of sp³-hybridized carbons (Fsp3) is 0.444. The van der Waals surface area contributed by atoms with Crippen LogP contribution in [0.2, 0.25) is 0 Å². The standard InChI is InChI=1S/C18H20F3N3O/c1-12-5-7-14(8-6-12)15-4-3-9-23(15)17(25)11-24-13(2)10-16(22-24)18(19,20)21/h5-8,10,15H,3-4,9,11H2,1-2H3/t15-/m1/s1. The van der Waals surface area contributed by atoms with Gasteiger partial charge in [0.2, 0.25) is 5.91 Å². The smallest absolute Gasteiger partial charge is 0.334 e. The Hall–Kier alpha value is -2.31. The summed E-state index contributed by atoms with van der Waals surface area (Å²) in [6, 6.07) is 8.96. The minimum Gasteiger partial charge on any atom is -0.334 e. The van der Waals surface area contributed by atoms with E-state index < -0.39 is 11.9 Å². The summed E-state index contributed by atoms with van der Waals surface area (Å²) in [4.78, 5) is 14.4. The second-order valence-electron chi connectivity index (χ2n) is 6.48. The van der Waals surface area contributed by atoms with Crippen molar-refractivity contribution >= 4 is 5.91 Å². The molecule has 3 rings (SSSR count). The van der Waals surface area contributed by atoms with Crippen molar-refractivity contribution in [3.8, 4) is 0 Å². The molecule has 0 radical (unpaired) electrons. The van der Waals surface area contributed by atoms with Crippen LogP contribution in [-0.4, -0.2) is 27.1 Å². The van der Waals surface area contributed by atoms with Gasteiger partial charge in [-0.2, -0.15) is 18.3 Å². The van der Waals surface area contributed by atoms with Crippen molar-refractivity contribution in [1.29, 1.82) is 0 Å². The molecule has 1 aromatic heterocycles. The van der Waals surface area contributed by atoms with E-state index in [1.807, 2.05) is 31.2 Å². The highest BCUT2D eigenvalue weighted by Crippen LogP contribution is 2.33. The molecule has 0 bridgehead atoms. The molecule has 25 heavy (non-hydrogen) atoms. The van der Waals surface area contributed by atoms with E-state index in [-0.39, 0.29) is 18.5 Å². The minimum atomic E-state index is -4.50. The zero-order chi connectivity index (χ0) is 18.2.